The number of anilines is 1. The summed E-state index contributed by atoms with van der Waals surface area (Å²) in [5.74, 6) is -0.788. The largest absolute Gasteiger partial charge is 0.361 e. The van der Waals surface area contributed by atoms with Crippen molar-refractivity contribution in [2.24, 2.45) is 5.92 Å². The summed E-state index contributed by atoms with van der Waals surface area (Å²) < 4.78 is 40.6. The molecule has 1 saturated heterocycles. The Morgan fingerprint density at radius 2 is 1.81 bits per heavy atom. The number of hydrogen-bond donors (Lipinski definition) is 2. The van der Waals surface area contributed by atoms with Gasteiger partial charge in [-0.1, -0.05) is 18.2 Å². The third kappa shape index (κ3) is 5.87. The summed E-state index contributed by atoms with van der Waals surface area (Å²) in [6, 6.07) is 6.42. The van der Waals surface area contributed by atoms with Crippen molar-refractivity contribution in [1.82, 2.24) is 4.90 Å². The van der Waals surface area contributed by atoms with Gasteiger partial charge in [0.1, 0.15) is 5.82 Å². The van der Waals surface area contributed by atoms with E-state index in [-0.39, 0.29) is 24.6 Å². The Kier molecular flexibility index (Phi) is 7.46. The Morgan fingerprint density at radius 3 is 2.44 bits per heavy atom. The van der Waals surface area contributed by atoms with E-state index in [2.05, 4.69) is 28.4 Å². The van der Waals surface area contributed by atoms with Gasteiger partial charge in [-0.25, -0.2) is 13.2 Å². The van der Waals surface area contributed by atoms with Crippen LogP contribution in [0.25, 0.3) is 0 Å². The average molecular weight is 462 g/mol. The monoisotopic (exact) mass is 461 g/mol. The van der Waals surface area contributed by atoms with Crippen LogP contribution in [0.3, 0.4) is 0 Å². The molecule has 7 heteroatoms. The van der Waals surface area contributed by atoms with Crippen LogP contribution in [0.5, 0.6) is 0 Å². The van der Waals surface area contributed by atoms with E-state index in [1.54, 1.807) is 18.3 Å². The standard InChI is InChI=1S/C25H30F3N3S/c26-20-3-5-21(6-4-20)30-17-23(24(29)19-9-11-25(27,28)12-10-19)18-1-7-22(8-2-18)31-13-15-32-16-14-31/h1-7,17,19,22,29-30H,8-16H2/b23-17-,29-24?. The van der Waals surface area contributed by atoms with Gasteiger partial charge in [0, 0.05) is 72.6 Å². The summed E-state index contributed by atoms with van der Waals surface area (Å²) in [6.45, 7) is 2.17. The van der Waals surface area contributed by atoms with Crippen molar-refractivity contribution < 1.29 is 13.2 Å². The molecule has 3 nitrogen and oxygen atoms in total. The fourth-order valence-corrected chi connectivity index (χ4v) is 5.49. The highest BCUT2D eigenvalue weighted by atomic mass is 32.2. The molecule has 0 bridgehead atoms. The summed E-state index contributed by atoms with van der Waals surface area (Å²) in [5, 5.41) is 12.0. The molecule has 0 spiro atoms. The van der Waals surface area contributed by atoms with Gasteiger partial charge in [0.2, 0.25) is 5.92 Å². The number of alkyl halides is 2. The van der Waals surface area contributed by atoms with Gasteiger partial charge in [-0.05, 0) is 49.1 Å². The lowest BCUT2D eigenvalue weighted by molar-refractivity contribution is -0.0394. The number of halogens is 3. The second kappa shape index (κ2) is 10.3. The molecular weight excluding hydrogens is 431 g/mol. The summed E-state index contributed by atoms with van der Waals surface area (Å²) in [4.78, 5) is 2.50. The number of nitrogens with one attached hydrogen (secondary N) is 2. The molecule has 1 saturated carbocycles. The van der Waals surface area contributed by atoms with E-state index in [9.17, 15) is 13.2 Å². The van der Waals surface area contributed by atoms with Crippen LogP contribution in [-0.2, 0) is 0 Å². The van der Waals surface area contributed by atoms with Crippen molar-refractivity contribution in [2.75, 3.05) is 29.9 Å². The van der Waals surface area contributed by atoms with Crippen molar-refractivity contribution in [1.29, 1.82) is 5.41 Å². The fraction of sp³-hybridized carbons (Fsp3) is 0.480. The maximum absolute atomic E-state index is 13.7. The van der Waals surface area contributed by atoms with Gasteiger partial charge in [0.25, 0.3) is 0 Å². The number of benzene rings is 1. The zero-order valence-corrected chi connectivity index (χ0v) is 18.9. The first kappa shape index (κ1) is 23.2. The summed E-state index contributed by atoms with van der Waals surface area (Å²) in [6.07, 6.45) is 9.41. The van der Waals surface area contributed by atoms with E-state index in [1.807, 2.05) is 11.8 Å². The van der Waals surface area contributed by atoms with Gasteiger partial charge >= 0.3 is 0 Å². The van der Waals surface area contributed by atoms with Crippen LogP contribution in [0.15, 0.2) is 59.8 Å². The predicted octanol–water partition coefficient (Wildman–Crippen LogP) is 6.27. The first-order chi connectivity index (χ1) is 15.4. The van der Waals surface area contributed by atoms with E-state index in [4.69, 9.17) is 5.41 Å². The lowest BCUT2D eigenvalue weighted by Crippen LogP contribution is -2.40. The molecule has 1 aliphatic heterocycles. The van der Waals surface area contributed by atoms with Crippen LogP contribution in [-0.4, -0.2) is 47.2 Å². The topological polar surface area (TPSA) is 39.1 Å². The zero-order valence-electron chi connectivity index (χ0n) is 18.1. The highest BCUT2D eigenvalue weighted by Gasteiger charge is 2.37. The van der Waals surface area contributed by atoms with Crippen molar-refractivity contribution in [2.45, 2.75) is 44.1 Å². The number of thioether (sulfide) groups is 1. The number of allylic oxidation sites excluding steroid dienone is 3. The van der Waals surface area contributed by atoms with E-state index < -0.39 is 5.92 Å². The van der Waals surface area contributed by atoms with E-state index in [0.717, 1.165) is 47.8 Å². The summed E-state index contributed by atoms with van der Waals surface area (Å²) in [5.41, 5.74) is 2.80. The molecule has 0 radical (unpaired) electrons. The van der Waals surface area contributed by atoms with E-state index in [1.165, 1.54) is 12.1 Å². The van der Waals surface area contributed by atoms with Gasteiger partial charge in [0.05, 0.1) is 0 Å². The molecule has 2 N–H and O–H groups in total. The van der Waals surface area contributed by atoms with Crippen LogP contribution in [0, 0.1) is 17.1 Å². The van der Waals surface area contributed by atoms with E-state index in [0.29, 0.717) is 24.6 Å². The van der Waals surface area contributed by atoms with Gasteiger partial charge in [-0.3, -0.25) is 4.90 Å². The first-order valence-electron chi connectivity index (χ1n) is 11.3. The summed E-state index contributed by atoms with van der Waals surface area (Å²) in [7, 11) is 0. The molecular formula is C25H30F3N3S. The Hall–Kier alpha value is -1.99. The minimum absolute atomic E-state index is 0.164. The van der Waals surface area contributed by atoms with Crippen molar-refractivity contribution in [3.05, 3.63) is 65.7 Å². The third-order valence-corrected chi connectivity index (χ3v) is 7.49. The minimum Gasteiger partial charge on any atom is -0.361 e. The molecule has 3 aliphatic rings. The number of rotatable bonds is 6. The molecule has 2 fully saturated rings. The Bertz CT molecular complexity index is 892. The minimum atomic E-state index is -2.61. The van der Waals surface area contributed by atoms with Crippen molar-refractivity contribution in [3.8, 4) is 0 Å². The predicted molar refractivity (Wildman–Crippen MR) is 127 cm³/mol. The van der Waals surface area contributed by atoms with Gasteiger partial charge in [-0.15, -0.1) is 0 Å². The fourth-order valence-electron chi connectivity index (χ4n) is 4.56. The van der Waals surface area contributed by atoms with Crippen LogP contribution in [0.4, 0.5) is 18.9 Å². The molecule has 1 atom stereocenters. The molecule has 4 rings (SSSR count). The Balaban J connectivity index is 1.51. The van der Waals surface area contributed by atoms with Gasteiger partial charge in [0.15, 0.2) is 0 Å². The molecule has 2 aliphatic carbocycles. The highest BCUT2D eigenvalue weighted by molar-refractivity contribution is 7.99. The summed E-state index contributed by atoms with van der Waals surface area (Å²) >= 11 is 1.99. The zero-order chi connectivity index (χ0) is 22.6. The Morgan fingerprint density at radius 1 is 1.12 bits per heavy atom. The average Bonchev–Trinajstić information content (AvgIpc) is 2.81. The van der Waals surface area contributed by atoms with Crippen molar-refractivity contribution in [3.63, 3.8) is 0 Å². The molecule has 0 amide bonds. The molecule has 1 aromatic carbocycles. The van der Waals surface area contributed by atoms with Crippen molar-refractivity contribution >= 4 is 23.2 Å². The van der Waals surface area contributed by atoms with Gasteiger partial charge in [-0.2, -0.15) is 11.8 Å². The highest BCUT2D eigenvalue weighted by Crippen LogP contribution is 2.38. The van der Waals surface area contributed by atoms with E-state index >= 15 is 0 Å². The smallest absolute Gasteiger partial charge is 0.248 e. The maximum Gasteiger partial charge on any atom is 0.248 e. The quantitative estimate of drug-likeness (QED) is 0.491. The molecule has 172 valence electrons. The first-order valence-corrected chi connectivity index (χ1v) is 12.5. The lowest BCUT2D eigenvalue weighted by atomic mass is 9.79. The number of hydrogen-bond acceptors (Lipinski definition) is 4. The van der Waals surface area contributed by atoms with Crippen LogP contribution in [0.2, 0.25) is 0 Å². The Labute approximate surface area is 192 Å². The third-order valence-electron chi connectivity index (χ3n) is 6.55. The normalized spacial score (nSPS) is 24.8. The van der Waals surface area contributed by atoms with Crippen LogP contribution < -0.4 is 5.32 Å². The van der Waals surface area contributed by atoms with Gasteiger partial charge < -0.3 is 10.7 Å². The molecule has 1 heterocycles. The molecule has 0 aromatic heterocycles. The molecule has 1 aromatic rings. The molecule has 32 heavy (non-hydrogen) atoms. The SMILES string of the molecule is N=C(/C(=C\Nc1ccc(F)cc1)C1=CCC(N2CCSCC2)C=C1)C1CCC(F)(F)CC1. The van der Waals surface area contributed by atoms with Crippen LogP contribution >= 0.6 is 11.8 Å². The lowest BCUT2D eigenvalue weighted by Gasteiger charge is -2.34. The second-order valence-electron chi connectivity index (χ2n) is 8.72. The number of nitrogens with zero attached hydrogens (tertiary/aromatic N) is 1. The second-order valence-corrected chi connectivity index (χ2v) is 9.95. The molecule has 1 unspecified atom stereocenters. The van der Waals surface area contributed by atoms with Crippen LogP contribution in [0.1, 0.15) is 32.1 Å². The maximum atomic E-state index is 13.7.